The van der Waals surface area contributed by atoms with Gasteiger partial charge in [-0.1, -0.05) is 0 Å². The van der Waals surface area contributed by atoms with Gasteiger partial charge in [0.25, 0.3) is 0 Å². The van der Waals surface area contributed by atoms with Gasteiger partial charge in [-0.05, 0) is 22.4 Å². The van der Waals surface area contributed by atoms with Gasteiger partial charge in [0.05, 0.1) is 6.10 Å². The van der Waals surface area contributed by atoms with Crippen molar-refractivity contribution < 1.29 is 9.90 Å². The largest absolute Gasteiger partial charge is 0.388 e. The first-order valence-electron chi connectivity index (χ1n) is 2.98. The third-order valence-corrected chi connectivity index (χ3v) is 1.95. The van der Waals surface area contributed by atoms with Crippen molar-refractivity contribution in [3.8, 4) is 0 Å². The number of aliphatic hydroxyl groups is 1. The Bertz CT molecular complexity index is 193. The topological polar surface area (TPSA) is 37.3 Å². The number of rotatable bonds is 3. The molecule has 0 aliphatic rings. The maximum atomic E-state index is 9.95. The van der Waals surface area contributed by atoms with Crippen LogP contribution in [0.3, 0.4) is 0 Å². The van der Waals surface area contributed by atoms with Crippen LogP contribution >= 0.6 is 11.3 Å². The van der Waals surface area contributed by atoms with Crippen molar-refractivity contribution in [2.75, 3.05) is 0 Å². The van der Waals surface area contributed by atoms with E-state index >= 15 is 0 Å². The summed E-state index contributed by atoms with van der Waals surface area (Å²) < 4.78 is 0. The lowest BCUT2D eigenvalue weighted by Crippen LogP contribution is -1.94. The summed E-state index contributed by atoms with van der Waals surface area (Å²) in [6.07, 6.45) is 0.308. The van der Waals surface area contributed by atoms with E-state index in [0.29, 0.717) is 0 Å². The lowest BCUT2D eigenvalue weighted by molar-refractivity contribution is -0.109. The minimum Gasteiger partial charge on any atom is -0.388 e. The normalized spacial score (nSPS) is 12.9. The van der Waals surface area contributed by atoms with Crippen LogP contribution in [0.1, 0.15) is 18.1 Å². The van der Waals surface area contributed by atoms with Gasteiger partial charge in [0, 0.05) is 6.42 Å². The SMILES string of the molecule is O=CCC(O)c1ccsc1. The van der Waals surface area contributed by atoms with Crippen LogP contribution in [0.25, 0.3) is 0 Å². The second-order valence-corrected chi connectivity index (χ2v) is 2.75. The molecule has 0 spiro atoms. The maximum absolute atomic E-state index is 9.95. The third kappa shape index (κ3) is 1.65. The van der Waals surface area contributed by atoms with Crippen LogP contribution < -0.4 is 0 Å². The predicted octanol–water partition coefficient (Wildman–Crippen LogP) is 1.37. The van der Waals surface area contributed by atoms with Crippen LogP contribution in [0.4, 0.5) is 0 Å². The van der Waals surface area contributed by atoms with E-state index < -0.39 is 6.10 Å². The van der Waals surface area contributed by atoms with E-state index in [-0.39, 0.29) is 6.42 Å². The van der Waals surface area contributed by atoms with Crippen LogP contribution in [-0.2, 0) is 4.79 Å². The van der Waals surface area contributed by atoms with E-state index in [1.54, 1.807) is 0 Å². The molecule has 10 heavy (non-hydrogen) atoms. The molecule has 0 aromatic carbocycles. The van der Waals surface area contributed by atoms with Crippen molar-refractivity contribution in [3.05, 3.63) is 22.4 Å². The molecule has 0 amide bonds. The summed E-state index contributed by atoms with van der Waals surface area (Å²) >= 11 is 1.52. The molecule has 1 N–H and O–H groups in total. The van der Waals surface area contributed by atoms with Gasteiger partial charge < -0.3 is 9.90 Å². The Hall–Kier alpha value is -0.670. The van der Waals surface area contributed by atoms with E-state index in [1.165, 1.54) is 11.3 Å². The molecule has 3 heteroatoms. The fraction of sp³-hybridized carbons (Fsp3) is 0.286. The van der Waals surface area contributed by atoms with Gasteiger partial charge in [-0.15, -0.1) is 0 Å². The van der Waals surface area contributed by atoms with Gasteiger partial charge in [0.1, 0.15) is 6.29 Å². The number of carbonyl (C=O) groups is 1. The van der Waals surface area contributed by atoms with Crippen molar-refractivity contribution in [1.29, 1.82) is 0 Å². The second kappa shape index (κ2) is 3.49. The summed E-state index contributed by atoms with van der Waals surface area (Å²) in [5.74, 6) is 0. The van der Waals surface area contributed by atoms with E-state index in [1.807, 2.05) is 16.8 Å². The quantitative estimate of drug-likeness (QED) is 0.671. The molecule has 1 heterocycles. The molecule has 1 unspecified atom stereocenters. The lowest BCUT2D eigenvalue weighted by Gasteiger charge is -2.01. The standard InChI is InChI=1S/C7H8O2S/c8-3-1-7(9)6-2-4-10-5-6/h2-5,7,9H,1H2. The first kappa shape index (κ1) is 7.44. The number of hydrogen-bond donors (Lipinski definition) is 1. The minimum atomic E-state index is -0.608. The van der Waals surface area contributed by atoms with E-state index in [2.05, 4.69) is 0 Å². The molecular weight excluding hydrogens is 148 g/mol. The zero-order valence-electron chi connectivity index (χ0n) is 5.36. The van der Waals surface area contributed by atoms with Crippen molar-refractivity contribution >= 4 is 17.6 Å². The maximum Gasteiger partial charge on any atom is 0.122 e. The van der Waals surface area contributed by atoms with Crippen LogP contribution in [0.2, 0.25) is 0 Å². The number of carbonyl (C=O) groups excluding carboxylic acids is 1. The summed E-state index contributed by atoms with van der Waals surface area (Å²) in [5, 5.41) is 12.9. The summed E-state index contributed by atoms with van der Waals surface area (Å²) in [6, 6.07) is 1.82. The fourth-order valence-corrected chi connectivity index (χ4v) is 1.40. The smallest absolute Gasteiger partial charge is 0.122 e. The van der Waals surface area contributed by atoms with Crippen molar-refractivity contribution in [3.63, 3.8) is 0 Å². The average Bonchev–Trinajstić information content (AvgIpc) is 2.38. The Labute approximate surface area is 63.1 Å². The Kier molecular flexibility index (Phi) is 2.59. The molecule has 0 radical (unpaired) electrons. The zero-order valence-corrected chi connectivity index (χ0v) is 6.17. The zero-order chi connectivity index (χ0) is 7.40. The molecule has 1 rings (SSSR count). The van der Waals surface area contributed by atoms with Crippen molar-refractivity contribution in [1.82, 2.24) is 0 Å². The Balaban J connectivity index is 2.58. The number of thiophene rings is 1. The number of aldehydes is 1. The average molecular weight is 156 g/mol. The fourth-order valence-electron chi connectivity index (χ4n) is 0.692. The van der Waals surface area contributed by atoms with Gasteiger partial charge >= 0.3 is 0 Å². The van der Waals surface area contributed by atoms with E-state index in [4.69, 9.17) is 0 Å². The van der Waals surface area contributed by atoms with Crippen molar-refractivity contribution in [2.45, 2.75) is 12.5 Å². The molecule has 0 aliphatic carbocycles. The van der Waals surface area contributed by atoms with Gasteiger partial charge in [0.2, 0.25) is 0 Å². The molecule has 0 fully saturated rings. The highest BCUT2D eigenvalue weighted by molar-refractivity contribution is 7.07. The summed E-state index contributed by atoms with van der Waals surface area (Å²) in [5.41, 5.74) is 0.831. The summed E-state index contributed by atoms with van der Waals surface area (Å²) in [4.78, 5) is 9.95. The third-order valence-electron chi connectivity index (χ3n) is 1.25. The Morgan fingerprint density at radius 2 is 2.60 bits per heavy atom. The van der Waals surface area contributed by atoms with Crippen LogP contribution in [0.5, 0.6) is 0 Å². The number of aliphatic hydroxyl groups excluding tert-OH is 1. The van der Waals surface area contributed by atoms with E-state index in [0.717, 1.165) is 11.8 Å². The second-order valence-electron chi connectivity index (χ2n) is 1.97. The molecule has 54 valence electrons. The highest BCUT2D eigenvalue weighted by Gasteiger charge is 2.05. The molecule has 0 bridgehead atoms. The first-order chi connectivity index (χ1) is 4.84. The minimum absolute atomic E-state index is 0.191. The molecule has 1 aromatic rings. The lowest BCUT2D eigenvalue weighted by atomic mass is 10.1. The number of hydrogen-bond acceptors (Lipinski definition) is 3. The Morgan fingerprint density at radius 3 is 3.10 bits per heavy atom. The predicted molar refractivity (Wildman–Crippen MR) is 40.0 cm³/mol. The van der Waals surface area contributed by atoms with Gasteiger partial charge in [-0.3, -0.25) is 0 Å². The van der Waals surface area contributed by atoms with Gasteiger partial charge in [0.15, 0.2) is 0 Å². The summed E-state index contributed by atoms with van der Waals surface area (Å²) in [7, 11) is 0. The van der Waals surface area contributed by atoms with Crippen LogP contribution in [-0.4, -0.2) is 11.4 Å². The molecule has 0 aliphatic heterocycles. The molecular formula is C7H8O2S. The Morgan fingerprint density at radius 1 is 1.80 bits per heavy atom. The van der Waals surface area contributed by atoms with Gasteiger partial charge in [-0.2, -0.15) is 11.3 Å². The monoisotopic (exact) mass is 156 g/mol. The van der Waals surface area contributed by atoms with E-state index in [9.17, 15) is 9.90 Å². The molecule has 0 saturated heterocycles. The van der Waals surface area contributed by atoms with Crippen LogP contribution in [0, 0.1) is 0 Å². The van der Waals surface area contributed by atoms with Crippen LogP contribution in [0.15, 0.2) is 16.8 Å². The summed E-state index contributed by atoms with van der Waals surface area (Å²) in [6.45, 7) is 0. The molecule has 0 saturated carbocycles. The molecule has 2 nitrogen and oxygen atoms in total. The molecule has 1 aromatic heterocycles. The highest BCUT2D eigenvalue weighted by atomic mass is 32.1. The highest BCUT2D eigenvalue weighted by Crippen LogP contribution is 2.17. The van der Waals surface area contributed by atoms with Gasteiger partial charge in [-0.25, -0.2) is 0 Å². The molecule has 1 atom stereocenters. The van der Waals surface area contributed by atoms with Crippen molar-refractivity contribution in [2.24, 2.45) is 0 Å². The first-order valence-corrected chi connectivity index (χ1v) is 3.92.